The zero-order valence-electron chi connectivity index (χ0n) is 8.34. The molecule has 1 aliphatic carbocycles. The van der Waals surface area contributed by atoms with Crippen LogP contribution in [0, 0.1) is 5.92 Å². The molecule has 69 valence electrons. The Morgan fingerprint density at radius 2 is 2.08 bits per heavy atom. The average Bonchev–Trinajstić information content (AvgIpc) is 2.03. The minimum Gasteiger partial charge on any atom is -0.298 e. The summed E-state index contributed by atoms with van der Waals surface area (Å²) in [6.07, 6.45) is 8.03. The topological polar surface area (TPSA) is 19.9 Å². The van der Waals surface area contributed by atoms with Crippen LogP contribution < -0.4 is 0 Å². The van der Waals surface area contributed by atoms with Crippen LogP contribution in [0.3, 0.4) is 0 Å². The van der Waals surface area contributed by atoms with Crippen molar-refractivity contribution in [3.8, 4) is 0 Å². The molecule has 1 aliphatic rings. The van der Waals surface area contributed by atoms with Crippen LogP contribution in [0.4, 0.5) is 0 Å². The Morgan fingerprint density at radius 3 is 2.50 bits per heavy atom. The van der Waals surface area contributed by atoms with Gasteiger partial charge in [-0.15, -0.1) is 0 Å². The first-order chi connectivity index (χ1) is 5.52. The Hall–Kier alpha value is -0.0831. The molecule has 2 unspecified atom stereocenters. The molecule has 0 fully saturated rings. The smallest absolute Gasteiger partial charge is 0.234 e. The fourth-order valence-corrected chi connectivity index (χ4v) is 3.28. The molecule has 0 bridgehead atoms. The largest absolute Gasteiger partial charge is 0.298 e. The van der Waals surface area contributed by atoms with E-state index in [1.54, 1.807) is 0 Å². The van der Waals surface area contributed by atoms with Gasteiger partial charge in [0.05, 0.1) is 0 Å². The van der Waals surface area contributed by atoms with Crippen molar-refractivity contribution in [2.45, 2.75) is 44.8 Å². The highest BCUT2D eigenvalue weighted by atomic mass is 28.4. The summed E-state index contributed by atoms with van der Waals surface area (Å²) in [5, 5.41) is 0. The Labute approximate surface area is 76.6 Å². The van der Waals surface area contributed by atoms with Gasteiger partial charge in [0.25, 0.3) is 0 Å². The normalized spacial score (nSPS) is 27.2. The monoisotopic (exact) mass is 183 g/mol. The molecule has 2 atom stereocenters. The fourth-order valence-electron chi connectivity index (χ4n) is 1.84. The number of hydrogen-bond acceptors (Lipinski definition) is 0. The van der Waals surface area contributed by atoms with Crippen LogP contribution in [-0.2, 0) is 4.80 Å². The molecule has 0 amide bonds. The van der Waals surface area contributed by atoms with Crippen molar-refractivity contribution in [3.63, 3.8) is 0 Å². The van der Waals surface area contributed by atoms with E-state index in [-0.39, 0.29) is 0 Å². The van der Waals surface area contributed by atoms with Crippen LogP contribution in [0.25, 0.3) is 0 Å². The molecule has 0 N–H and O–H groups in total. The van der Waals surface area contributed by atoms with Gasteiger partial charge in [-0.25, -0.2) is 0 Å². The van der Waals surface area contributed by atoms with Gasteiger partial charge in [0, 0.05) is 0 Å². The highest BCUT2D eigenvalue weighted by Gasteiger charge is 2.34. The van der Waals surface area contributed by atoms with Gasteiger partial charge in [-0.2, -0.15) is 0 Å². The molecule has 12 heavy (non-hydrogen) atoms. The maximum atomic E-state index is 11.8. The third-order valence-corrected chi connectivity index (χ3v) is 5.78. The molecule has 0 saturated heterocycles. The minimum atomic E-state index is -2.13. The van der Waals surface area contributed by atoms with E-state index in [4.69, 9.17) is 0 Å². The first-order valence-electron chi connectivity index (χ1n) is 4.87. The van der Waals surface area contributed by atoms with Gasteiger partial charge in [-0.1, -0.05) is 19.1 Å². The number of hydrogen-bond donors (Lipinski definition) is 0. The molecule has 1 rings (SSSR count). The molecule has 2 heteroatoms. The Balaban J connectivity index is 2.52. The first kappa shape index (κ1) is 10.0. The molecule has 1 nitrogen and oxygen atoms in total. The van der Waals surface area contributed by atoms with Gasteiger partial charge in [0.1, 0.15) is 0 Å². The van der Waals surface area contributed by atoms with E-state index in [9.17, 15) is 4.80 Å². The van der Waals surface area contributed by atoms with Gasteiger partial charge in [0.2, 0.25) is 8.32 Å². The Bertz CT molecular complexity index is 169. The van der Waals surface area contributed by atoms with Gasteiger partial charge < -0.3 is 0 Å². The second kappa shape index (κ2) is 3.75. The van der Waals surface area contributed by atoms with Gasteiger partial charge in [-0.05, 0) is 43.8 Å². The van der Waals surface area contributed by atoms with Crippen molar-refractivity contribution in [2.75, 3.05) is 0 Å². The fraction of sp³-hybridized carbons (Fsp3) is 0.800. The predicted molar refractivity (Wildman–Crippen MR) is 54.1 cm³/mol. The van der Waals surface area contributed by atoms with E-state index >= 15 is 0 Å². The van der Waals surface area contributed by atoms with E-state index in [2.05, 4.69) is 19.1 Å². The molecule has 1 radical (unpaired) electrons. The summed E-state index contributed by atoms with van der Waals surface area (Å²) in [6, 6.07) is 0. The summed E-state index contributed by atoms with van der Waals surface area (Å²) in [4.78, 5) is 11.8. The minimum absolute atomic E-state index is 0.433. The summed E-state index contributed by atoms with van der Waals surface area (Å²) >= 11 is 0. The van der Waals surface area contributed by atoms with Crippen LogP contribution >= 0.6 is 0 Å². The molecule has 0 saturated carbocycles. The van der Waals surface area contributed by atoms with Gasteiger partial charge in [0.15, 0.2) is 0 Å². The maximum Gasteiger partial charge on any atom is 0.234 e. The lowest BCUT2D eigenvalue weighted by atomic mass is 9.92. The molecule has 0 aliphatic heterocycles. The molecule has 0 aromatic carbocycles. The highest BCUT2D eigenvalue weighted by molar-refractivity contribution is 6.71. The Morgan fingerprint density at radius 1 is 1.42 bits per heavy atom. The zero-order valence-corrected chi connectivity index (χ0v) is 9.34. The van der Waals surface area contributed by atoms with Crippen molar-refractivity contribution >= 4 is 8.32 Å². The molecule has 0 aromatic heterocycles. The summed E-state index contributed by atoms with van der Waals surface area (Å²) in [6.45, 7) is 6.04. The van der Waals surface area contributed by atoms with Crippen molar-refractivity contribution in [1.82, 2.24) is 0 Å². The van der Waals surface area contributed by atoms with E-state index in [1.807, 2.05) is 13.1 Å². The maximum absolute atomic E-state index is 11.8. The zero-order chi connectivity index (χ0) is 9.19. The van der Waals surface area contributed by atoms with Crippen LogP contribution in [0.2, 0.25) is 18.6 Å². The van der Waals surface area contributed by atoms with Crippen LogP contribution in [-0.4, -0.2) is 8.32 Å². The number of allylic oxidation sites excluding steroid dienone is 2. The quantitative estimate of drug-likeness (QED) is 0.462. The summed E-state index contributed by atoms with van der Waals surface area (Å²) in [5.74, 6) is 0.675. The molecular weight excluding hydrogens is 164 g/mol. The van der Waals surface area contributed by atoms with E-state index in [1.165, 1.54) is 12.8 Å². The van der Waals surface area contributed by atoms with Crippen molar-refractivity contribution in [1.29, 1.82) is 0 Å². The average molecular weight is 183 g/mol. The molecular formula is C10H19OSi. The standard InChI is InChI=1S/C10H19OSi/c1-9(12(2,3)11)10-7-5-4-6-8-10/h4-5,9-10H,6-8H2,1-3H3. The molecule has 0 spiro atoms. The highest BCUT2D eigenvalue weighted by Crippen LogP contribution is 2.35. The van der Waals surface area contributed by atoms with Gasteiger partial charge >= 0.3 is 0 Å². The van der Waals surface area contributed by atoms with Crippen LogP contribution in [0.1, 0.15) is 26.2 Å². The van der Waals surface area contributed by atoms with Crippen LogP contribution in [0.15, 0.2) is 12.2 Å². The van der Waals surface area contributed by atoms with E-state index in [0.29, 0.717) is 11.5 Å². The van der Waals surface area contributed by atoms with E-state index in [0.717, 1.165) is 6.42 Å². The molecule has 0 heterocycles. The van der Waals surface area contributed by atoms with Crippen molar-refractivity contribution in [3.05, 3.63) is 12.2 Å². The lowest BCUT2D eigenvalue weighted by Crippen LogP contribution is -2.34. The van der Waals surface area contributed by atoms with E-state index < -0.39 is 8.32 Å². The number of rotatable bonds is 2. The van der Waals surface area contributed by atoms with Crippen molar-refractivity contribution < 1.29 is 4.80 Å². The second-order valence-electron chi connectivity index (χ2n) is 4.44. The SMILES string of the molecule is CC(C1CC=CCC1)[Si](C)(C)[O]. The second-order valence-corrected chi connectivity index (χ2v) is 8.55. The first-order valence-corrected chi connectivity index (χ1v) is 7.86. The van der Waals surface area contributed by atoms with Crippen LogP contribution in [0.5, 0.6) is 0 Å². The summed E-state index contributed by atoms with van der Waals surface area (Å²) in [5.41, 5.74) is 0.433. The lowest BCUT2D eigenvalue weighted by Gasteiger charge is -2.30. The predicted octanol–water partition coefficient (Wildman–Crippen LogP) is 3.37. The summed E-state index contributed by atoms with van der Waals surface area (Å²) < 4.78 is 0. The summed E-state index contributed by atoms with van der Waals surface area (Å²) in [7, 11) is -2.13. The van der Waals surface area contributed by atoms with Crippen molar-refractivity contribution in [2.24, 2.45) is 5.92 Å². The lowest BCUT2D eigenvalue weighted by molar-refractivity contribution is 0.364. The third-order valence-electron chi connectivity index (χ3n) is 3.11. The van der Waals surface area contributed by atoms with Gasteiger partial charge in [-0.3, -0.25) is 4.80 Å². The third kappa shape index (κ3) is 2.46. The molecule has 0 aromatic rings. The Kier molecular flexibility index (Phi) is 3.13.